The van der Waals surface area contributed by atoms with E-state index in [4.69, 9.17) is 9.47 Å². The first-order valence-corrected chi connectivity index (χ1v) is 32.3. The summed E-state index contributed by atoms with van der Waals surface area (Å²) in [6.07, 6.45) is 73.9. The van der Waals surface area contributed by atoms with E-state index < -0.39 is 49.5 Å². The zero-order valence-electron chi connectivity index (χ0n) is 49.7. The second-order valence-electron chi connectivity index (χ2n) is 22.2. The molecule has 0 saturated carbocycles. The molecular weight excluding hydrogens is 959 g/mol. The Bertz CT molecular complexity index is 1490. The summed E-state index contributed by atoms with van der Waals surface area (Å²) in [5.74, 6) is -0.185. The first-order chi connectivity index (χ1) is 37.8. The minimum Gasteiger partial charge on any atom is -0.394 e. The van der Waals surface area contributed by atoms with Crippen LogP contribution < -0.4 is 5.32 Å². The van der Waals surface area contributed by atoms with Crippen LogP contribution in [0.15, 0.2) is 85.1 Å². The molecule has 0 bridgehead atoms. The number of hydrogen-bond acceptors (Lipinski definition) is 8. The van der Waals surface area contributed by atoms with Gasteiger partial charge in [-0.3, -0.25) is 4.79 Å². The lowest BCUT2D eigenvalue weighted by Crippen LogP contribution is -2.60. The van der Waals surface area contributed by atoms with Gasteiger partial charge < -0.3 is 40.3 Å². The van der Waals surface area contributed by atoms with Gasteiger partial charge in [0, 0.05) is 6.42 Å². The number of allylic oxidation sites excluding steroid dienone is 13. The maximum atomic E-state index is 13.1. The van der Waals surface area contributed by atoms with Crippen molar-refractivity contribution in [1.29, 1.82) is 0 Å². The SMILES string of the molecule is CC/C=C\C/C=C\C/C=C\C/C=C\C/C=C\CCCCCCCCCCCCCCCCCCCCCC(=O)NC(COC1OC(CO)C(O)C(O)C1O)C(O)/C=C/CC/C=C/CCCCCCCCCCCCCCC. The molecule has 1 heterocycles. The van der Waals surface area contributed by atoms with E-state index in [1.54, 1.807) is 6.08 Å². The molecule has 0 aromatic heterocycles. The number of ether oxygens (including phenoxy) is 2. The van der Waals surface area contributed by atoms with Crippen LogP contribution in [0.4, 0.5) is 0 Å². The Labute approximate surface area is 473 Å². The molecule has 0 radical (unpaired) electrons. The average molecular weight is 1080 g/mol. The van der Waals surface area contributed by atoms with E-state index in [2.05, 4.69) is 92.1 Å². The van der Waals surface area contributed by atoms with Crippen molar-refractivity contribution in [3.05, 3.63) is 85.1 Å². The van der Waals surface area contributed by atoms with Crippen molar-refractivity contribution in [2.45, 2.75) is 326 Å². The standard InChI is InChI=1S/C68H121NO8/c1-3-5-7-9-11-13-15-17-19-21-23-24-25-26-27-28-29-30-31-32-33-34-35-36-37-38-40-42-44-46-48-50-52-54-56-58-64(72)69-61(60-76-68-67(75)66(74)65(73)63(59-70)77-68)62(71)57-55-53-51-49-47-45-43-41-39-22-20-18-16-14-12-10-8-6-4-2/h5,7,11,13,17,19,23-24,26-27,47,49,55,57,61-63,65-68,70-71,73-75H,3-4,6,8-10,12,14-16,18,20-22,25,28-46,48,50-54,56,58-60H2,1-2H3,(H,69,72)/b7-5-,13-11-,19-17-,24-23-,27-26-,49-47+,57-55+. The number of rotatable bonds is 55. The number of aliphatic hydroxyl groups is 5. The number of nitrogens with one attached hydrogen (secondary N) is 1. The molecule has 1 aliphatic heterocycles. The van der Waals surface area contributed by atoms with Crippen LogP contribution in [-0.4, -0.2) is 87.5 Å². The lowest BCUT2D eigenvalue weighted by molar-refractivity contribution is -0.302. The molecule has 1 amide bonds. The van der Waals surface area contributed by atoms with Gasteiger partial charge in [0.25, 0.3) is 0 Å². The summed E-state index contributed by atoms with van der Waals surface area (Å²) in [7, 11) is 0. The van der Waals surface area contributed by atoms with Gasteiger partial charge in [-0.05, 0) is 77.0 Å². The second kappa shape index (κ2) is 56.6. The minimum absolute atomic E-state index is 0.185. The summed E-state index contributed by atoms with van der Waals surface area (Å²) in [4.78, 5) is 13.1. The molecule has 7 unspecified atom stereocenters. The van der Waals surface area contributed by atoms with Crippen LogP contribution in [0.3, 0.4) is 0 Å². The topological polar surface area (TPSA) is 149 Å². The highest BCUT2D eigenvalue weighted by Crippen LogP contribution is 2.23. The van der Waals surface area contributed by atoms with Gasteiger partial charge in [0.1, 0.15) is 24.4 Å². The first-order valence-electron chi connectivity index (χ1n) is 32.3. The third-order valence-electron chi connectivity index (χ3n) is 15.0. The fraction of sp³-hybridized carbons (Fsp3) is 0.779. The van der Waals surface area contributed by atoms with Gasteiger partial charge >= 0.3 is 0 Å². The Morgan fingerprint density at radius 2 is 0.818 bits per heavy atom. The number of unbranched alkanes of at least 4 members (excludes halogenated alkanes) is 33. The van der Waals surface area contributed by atoms with E-state index in [-0.39, 0.29) is 12.5 Å². The van der Waals surface area contributed by atoms with Gasteiger partial charge in [0.05, 0.1) is 25.4 Å². The van der Waals surface area contributed by atoms with Crippen LogP contribution in [0.5, 0.6) is 0 Å². The molecule has 1 rings (SSSR count). The monoisotopic (exact) mass is 1080 g/mol. The Hall–Kier alpha value is -2.63. The Kier molecular flexibility index (Phi) is 53.2. The maximum Gasteiger partial charge on any atom is 0.220 e. The molecule has 1 aliphatic rings. The smallest absolute Gasteiger partial charge is 0.220 e. The molecule has 1 saturated heterocycles. The highest BCUT2D eigenvalue weighted by atomic mass is 16.7. The summed E-state index contributed by atoms with van der Waals surface area (Å²) >= 11 is 0. The molecule has 9 heteroatoms. The molecule has 0 aromatic carbocycles. The number of amides is 1. The predicted molar refractivity (Wildman–Crippen MR) is 327 cm³/mol. The van der Waals surface area contributed by atoms with Crippen LogP contribution in [0.1, 0.15) is 284 Å². The summed E-state index contributed by atoms with van der Waals surface area (Å²) in [6.45, 7) is 3.67. The van der Waals surface area contributed by atoms with Gasteiger partial charge in [0.2, 0.25) is 5.91 Å². The normalized spacial score (nSPS) is 19.3. The molecule has 7 atom stereocenters. The number of hydrogen-bond donors (Lipinski definition) is 6. The van der Waals surface area contributed by atoms with Crippen molar-refractivity contribution in [2.75, 3.05) is 13.2 Å². The molecule has 9 nitrogen and oxygen atoms in total. The molecule has 77 heavy (non-hydrogen) atoms. The van der Waals surface area contributed by atoms with E-state index in [0.717, 1.165) is 70.6 Å². The highest BCUT2D eigenvalue weighted by molar-refractivity contribution is 5.76. The van der Waals surface area contributed by atoms with Crippen molar-refractivity contribution in [2.24, 2.45) is 0 Å². The van der Waals surface area contributed by atoms with E-state index in [1.165, 1.54) is 193 Å². The van der Waals surface area contributed by atoms with Crippen LogP contribution >= 0.6 is 0 Å². The van der Waals surface area contributed by atoms with Crippen molar-refractivity contribution >= 4 is 5.91 Å². The molecule has 0 aliphatic carbocycles. The van der Waals surface area contributed by atoms with E-state index >= 15 is 0 Å². The highest BCUT2D eigenvalue weighted by Gasteiger charge is 2.44. The Morgan fingerprint density at radius 1 is 0.455 bits per heavy atom. The second-order valence-corrected chi connectivity index (χ2v) is 22.2. The Morgan fingerprint density at radius 3 is 1.25 bits per heavy atom. The van der Waals surface area contributed by atoms with Crippen molar-refractivity contribution in [1.82, 2.24) is 5.32 Å². The molecule has 1 fully saturated rings. The number of carbonyl (C=O) groups excluding carboxylic acids is 1. The fourth-order valence-electron chi connectivity index (χ4n) is 9.91. The average Bonchev–Trinajstić information content (AvgIpc) is 3.43. The molecular formula is C68H121NO8. The van der Waals surface area contributed by atoms with Crippen molar-refractivity contribution in [3.8, 4) is 0 Å². The quantitative estimate of drug-likeness (QED) is 0.0261. The molecule has 0 aromatic rings. The largest absolute Gasteiger partial charge is 0.394 e. The van der Waals surface area contributed by atoms with E-state index in [0.29, 0.717) is 6.42 Å². The lowest BCUT2D eigenvalue weighted by Gasteiger charge is -2.40. The Balaban J connectivity index is 2.14. The third kappa shape index (κ3) is 45.8. The van der Waals surface area contributed by atoms with Crippen molar-refractivity contribution in [3.63, 3.8) is 0 Å². The van der Waals surface area contributed by atoms with Crippen LogP contribution in [0, 0.1) is 0 Å². The summed E-state index contributed by atoms with van der Waals surface area (Å²) < 4.78 is 11.3. The van der Waals surface area contributed by atoms with Gasteiger partial charge in [0.15, 0.2) is 6.29 Å². The summed E-state index contributed by atoms with van der Waals surface area (Å²) in [6, 6.07) is -0.825. The summed E-state index contributed by atoms with van der Waals surface area (Å²) in [5, 5.41) is 54.6. The molecule has 6 N–H and O–H groups in total. The molecule has 446 valence electrons. The minimum atomic E-state index is -1.57. The van der Waals surface area contributed by atoms with Gasteiger partial charge in [-0.1, -0.05) is 285 Å². The van der Waals surface area contributed by atoms with E-state index in [9.17, 15) is 30.3 Å². The lowest BCUT2D eigenvalue weighted by atomic mass is 9.99. The van der Waals surface area contributed by atoms with Crippen LogP contribution in [0.2, 0.25) is 0 Å². The first kappa shape index (κ1) is 72.4. The van der Waals surface area contributed by atoms with Crippen LogP contribution in [0.25, 0.3) is 0 Å². The van der Waals surface area contributed by atoms with Crippen LogP contribution in [-0.2, 0) is 14.3 Å². The summed E-state index contributed by atoms with van der Waals surface area (Å²) in [5.41, 5.74) is 0. The third-order valence-corrected chi connectivity index (χ3v) is 15.0. The zero-order valence-corrected chi connectivity index (χ0v) is 49.7. The number of aliphatic hydroxyl groups excluding tert-OH is 5. The predicted octanol–water partition coefficient (Wildman–Crippen LogP) is 17.0. The number of carbonyl (C=O) groups is 1. The van der Waals surface area contributed by atoms with Crippen molar-refractivity contribution < 1.29 is 39.8 Å². The van der Waals surface area contributed by atoms with E-state index in [1.807, 2.05) is 6.08 Å². The molecule has 0 spiro atoms. The fourth-order valence-corrected chi connectivity index (χ4v) is 9.91. The van der Waals surface area contributed by atoms with Gasteiger partial charge in [-0.25, -0.2) is 0 Å². The zero-order chi connectivity index (χ0) is 55.8. The maximum absolute atomic E-state index is 13.1. The van der Waals surface area contributed by atoms with Gasteiger partial charge in [-0.2, -0.15) is 0 Å². The van der Waals surface area contributed by atoms with Gasteiger partial charge in [-0.15, -0.1) is 0 Å².